The summed E-state index contributed by atoms with van der Waals surface area (Å²) >= 11 is 3.41. The number of hydrogen-bond donors (Lipinski definition) is 1. The summed E-state index contributed by atoms with van der Waals surface area (Å²) in [5.74, 6) is 1.19. The van der Waals surface area contributed by atoms with Gasteiger partial charge in [0.2, 0.25) is 5.88 Å². The van der Waals surface area contributed by atoms with E-state index in [9.17, 15) is 0 Å². The Labute approximate surface area is 115 Å². The molecule has 2 rings (SSSR count). The maximum absolute atomic E-state index is 5.95. The normalized spacial score (nSPS) is 10.4. The Morgan fingerprint density at radius 2 is 2.11 bits per heavy atom. The highest BCUT2D eigenvalue weighted by Crippen LogP contribution is 2.28. The first-order valence-electron chi connectivity index (χ1n) is 5.78. The number of nitrogen functional groups attached to an aromatic ring is 1. The van der Waals surface area contributed by atoms with E-state index < -0.39 is 0 Å². The van der Waals surface area contributed by atoms with Crippen LogP contribution >= 0.6 is 15.9 Å². The van der Waals surface area contributed by atoms with Gasteiger partial charge in [0.1, 0.15) is 0 Å². The van der Waals surface area contributed by atoms with Gasteiger partial charge in [0, 0.05) is 16.7 Å². The zero-order valence-corrected chi connectivity index (χ0v) is 12.0. The molecule has 2 N–H and O–H groups in total. The first kappa shape index (κ1) is 12.9. The molecule has 1 heterocycles. The van der Waals surface area contributed by atoms with Crippen LogP contribution in [0.25, 0.3) is 0 Å². The van der Waals surface area contributed by atoms with Gasteiger partial charge in [0.05, 0.1) is 5.69 Å². The molecule has 0 radical (unpaired) electrons. The number of halogens is 1. The summed E-state index contributed by atoms with van der Waals surface area (Å²) in [6, 6.07) is 7.70. The second-order valence-electron chi connectivity index (χ2n) is 4.10. The summed E-state index contributed by atoms with van der Waals surface area (Å²) in [5.41, 5.74) is 8.85. The minimum absolute atomic E-state index is 0.548. The standard InChI is InChI=1S/C14H15BrN2O/c1-3-10-4-5-13(12(16)7-10)18-14-6-9(2)11(15)8-17-14/h4-8H,3,16H2,1-2H3. The van der Waals surface area contributed by atoms with E-state index in [1.54, 1.807) is 6.20 Å². The lowest BCUT2D eigenvalue weighted by molar-refractivity contribution is 0.464. The summed E-state index contributed by atoms with van der Waals surface area (Å²) in [5, 5.41) is 0. The third-order valence-electron chi connectivity index (χ3n) is 2.72. The van der Waals surface area contributed by atoms with E-state index in [0.29, 0.717) is 17.3 Å². The number of rotatable bonds is 3. The first-order chi connectivity index (χ1) is 8.60. The van der Waals surface area contributed by atoms with Crippen LogP contribution in [0.2, 0.25) is 0 Å². The molecule has 0 spiro atoms. The highest BCUT2D eigenvalue weighted by Gasteiger charge is 2.05. The highest BCUT2D eigenvalue weighted by atomic mass is 79.9. The number of nitrogens with two attached hydrogens (primary N) is 1. The number of hydrogen-bond acceptors (Lipinski definition) is 3. The van der Waals surface area contributed by atoms with Crippen molar-refractivity contribution in [1.29, 1.82) is 0 Å². The Bertz CT molecular complexity index is 570. The molecule has 0 atom stereocenters. The fourth-order valence-corrected chi connectivity index (χ4v) is 1.81. The summed E-state index contributed by atoms with van der Waals surface area (Å²) in [6.45, 7) is 4.08. The second-order valence-corrected chi connectivity index (χ2v) is 4.95. The van der Waals surface area contributed by atoms with Crippen molar-refractivity contribution in [3.63, 3.8) is 0 Å². The van der Waals surface area contributed by atoms with Crippen molar-refractivity contribution in [3.8, 4) is 11.6 Å². The molecule has 0 aliphatic rings. The van der Waals surface area contributed by atoms with Crippen molar-refractivity contribution < 1.29 is 4.74 Å². The smallest absolute Gasteiger partial charge is 0.219 e. The minimum atomic E-state index is 0.548. The van der Waals surface area contributed by atoms with Crippen molar-refractivity contribution >= 4 is 21.6 Å². The van der Waals surface area contributed by atoms with E-state index in [4.69, 9.17) is 10.5 Å². The number of aromatic nitrogens is 1. The first-order valence-corrected chi connectivity index (χ1v) is 6.58. The van der Waals surface area contributed by atoms with E-state index in [-0.39, 0.29) is 0 Å². The zero-order chi connectivity index (χ0) is 13.1. The van der Waals surface area contributed by atoms with Crippen molar-refractivity contribution in [1.82, 2.24) is 4.98 Å². The second kappa shape index (κ2) is 5.40. The van der Waals surface area contributed by atoms with Crippen LogP contribution < -0.4 is 10.5 Å². The molecule has 0 aliphatic heterocycles. The molecular weight excluding hydrogens is 292 g/mol. The number of anilines is 1. The van der Waals surface area contributed by atoms with E-state index in [1.165, 1.54) is 5.56 Å². The predicted octanol–water partition coefficient (Wildman–Crippen LogP) is 4.09. The van der Waals surface area contributed by atoms with Gasteiger partial charge in [-0.1, -0.05) is 13.0 Å². The zero-order valence-electron chi connectivity index (χ0n) is 10.4. The van der Waals surface area contributed by atoms with Crippen LogP contribution in [0, 0.1) is 6.92 Å². The summed E-state index contributed by atoms with van der Waals surface area (Å²) in [4.78, 5) is 4.19. The van der Waals surface area contributed by atoms with Crippen molar-refractivity contribution in [2.45, 2.75) is 20.3 Å². The largest absolute Gasteiger partial charge is 0.437 e. The molecule has 18 heavy (non-hydrogen) atoms. The molecule has 0 fully saturated rings. The molecule has 1 aromatic carbocycles. The third-order valence-corrected chi connectivity index (χ3v) is 3.55. The minimum Gasteiger partial charge on any atom is -0.437 e. The Morgan fingerprint density at radius 3 is 2.72 bits per heavy atom. The van der Waals surface area contributed by atoms with Gasteiger partial charge >= 0.3 is 0 Å². The Hall–Kier alpha value is -1.55. The van der Waals surface area contributed by atoms with Crippen LogP contribution in [0.3, 0.4) is 0 Å². The molecule has 1 aromatic heterocycles. The molecule has 4 heteroatoms. The van der Waals surface area contributed by atoms with Crippen LogP contribution in [0.1, 0.15) is 18.1 Å². The number of pyridine rings is 1. The highest BCUT2D eigenvalue weighted by molar-refractivity contribution is 9.10. The monoisotopic (exact) mass is 306 g/mol. The number of aryl methyl sites for hydroxylation is 2. The van der Waals surface area contributed by atoms with Gasteiger partial charge in [-0.05, 0) is 52.5 Å². The van der Waals surface area contributed by atoms with E-state index in [1.807, 2.05) is 31.2 Å². The average molecular weight is 307 g/mol. The van der Waals surface area contributed by atoms with Crippen molar-refractivity contribution in [2.24, 2.45) is 0 Å². The summed E-state index contributed by atoms with van der Waals surface area (Å²) < 4.78 is 6.65. The molecule has 0 saturated carbocycles. The number of ether oxygens (including phenoxy) is 1. The van der Waals surface area contributed by atoms with Crippen molar-refractivity contribution in [3.05, 3.63) is 46.1 Å². The van der Waals surface area contributed by atoms with Crippen LogP contribution in [-0.4, -0.2) is 4.98 Å². The van der Waals surface area contributed by atoms with E-state index >= 15 is 0 Å². The average Bonchev–Trinajstić information content (AvgIpc) is 2.36. The molecule has 0 unspecified atom stereocenters. The molecule has 0 saturated heterocycles. The predicted molar refractivity (Wildman–Crippen MR) is 77.0 cm³/mol. The Kier molecular flexibility index (Phi) is 3.87. The maximum atomic E-state index is 5.95. The number of benzene rings is 1. The molecule has 0 aliphatic carbocycles. The molecule has 3 nitrogen and oxygen atoms in total. The Balaban J connectivity index is 2.25. The van der Waals surface area contributed by atoms with Gasteiger partial charge in [-0.2, -0.15) is 0 Å². The molecule has 94 valence electrons. The van der Waals surface area contributed by atoms with Gasteiger partial charge in [0.15, 0.2) is 5.75 Å². The van der Waals surface area contributed by atoms with Crippen LogP contribution in [0.15, 0.2) is 34.9 Å². The Morgan fingerprint density at radius 1 is 1.33 bits per heavy atom. The van der Waals surface area contributed by atoms with Crippen LogP contribution in [0.4, 0.5) is 5.69 Å². The van der Waals surface area contributed by atoms with Gasteiger partial charge in [-0.3, -0.25) is 0 Å². The van der Waals surface area contributed by atoms with Gasteiger partial charge < -0.3 is 10.5 Å². The van der Waals surface area contributed by atoms with E-state index in [0.717, 1.165) is 16.5 Å². The lowest BCUT2D eigenvalue weighted by Gasteiger charge is -2.09. The lowest BCUT2D eigenvalue weighted by Crippen LogP contribution is -1.95. The number of nitrogens with zero attached hydrogens (tertiary/aromatic N) is 1. The van der Waals surface area contributed by atoms with Crippen LogP contribution in [-0.2, 0) is 6.42 Å². The van der Waals surface area contributed by atoms with Crippen LogP contribution in [0.5, 0.6) is 11.6 Å². The van der Waals surface area contributed by atoms with E-state index in [2.05, 4.69) is 27.8 Å². The fourth-order valence-electron chi connectivity index (χ4n) is 1.59. The summed E-state index contributed by atoms with van der Waals surface area (Å²) in [6.07, 6.45) is 2.68. The van der Waals surface area contributed by atoms with Gasteiger partial charge in [-0.15, -0.1) is 0 Å². The molecule has 2 aromatic rings. The van der Waals surface area contributed by atoms with Gasteiger partial charge in [-0.25, -0.2) is 4.98 Å². The fraction of sp³-hybridized carbons (Fsp3) is 0.214. The topological polar surface area (TPSA) is 48.1 Å². The molecule has 0 amide bonds. The third kappa shape index (κ3) is 2.82. The maximum Gasteiger partial charge on any atom is 0.219 e. The molecule has 0 bridgehead atoms. The lowest BCUT2D eigenvalue weighted by atomic mass is 10.1. The summed E-state index contributed by atoms with van der Waals surface area (Å²) in [7, 11) is 0. The quantitative estimate of drug-likeness (QED) is 0.869. The van der Waals surface area contributed by atoms with Crippen molar-refractivity contribution in [2.75, 3.05) is 5.73 Å². The SMILES string of the molecule is CCc1ccc(Oc2cc(C)c(Br)cn2)c(N)c1. The molecular formula is C14H15BrN2O. The van der Waals surface area contributed by atoms with Gasteiger partial charge in [0.25, 0.3) is 0 Å².